The molecular weight excluding hydrogens is 354 g/mol. The number of hydrogen-bond donors (Lipinski definition) is 1. The minimum Gasteiger partial charge on any atom is -0.379 e. The van der Waals surface area contributed by atoms with Crippen LogP contribution in [0.4, 0.5) is 11.4 Å². The SMILES string of the molecule is Cc1c(NCc2nn(-c3ccccc3)c3c2CCC3)cc(C#N)cc1[N+](=O)[O-]. The van der Waals surface area contributed by atoms with Crippen molar-refractivity contribution >= 4 is 11.4 Å². The summed E-state index contributed by atoms with van der Waals surface area (Å²) >= 11 is 0. The molecular formula is C21H19N5O2. The van der Waals surface area contributed by atoms with E-state index in [-0.39, 0.29) is 11.3 Å². The van der Waals surface area contributed by atoms with Crippen molar-refractivity contribution in [2.45, 2.75) is 32.7 Å². The fraction of sp³-hybridized carbons (Fsp3) is 0.238. The van der Waals surface area contributed by atoms with Crippen LogP contribution in [-0.2, 0) is 19.4 Å². The van der Waals surface area contributed by atoms with Crippen LogP contribution in [-0.4, -0.2) is 14.7 Å². The van der Waals surface area contributed by atoms with E-state index in [0.29, 0.717) is 17.8 Å². The first-order valence-corrected chi connectivity index (χ1v) is 9.16. The van der Waals surface area contributed by atoms with Crippen molar-refractivity contribution in [1.82, 2.24) is 9.78 Å². The highest BCUT2D eigenvalue weighted by molar-refractivity contribution is 5.64. The third-order valence-corrected chi connectivity index (χ3v) is 5.17. The number of nitro benzene ring substituents is 1. The van der Waals surface area contributed by atoms with Gasteiger partial charge < -0.3 is 5.32 Å². The molecule has 1 heterocycles. The summed E-state index contributed by atoms with van der Waals surface area (Å²) in [5.41, 5.74) is 5.78. The lowest BCUT2D eigenvalue weighted by atomic mass is 10.1. The molecule has 28 heavy (non-hydrogen) atoms. The molecule has 0 atom stereocenters. The molecule has 2 aromatic carbocycles. The van der Waals surface area contributed by atoms with Crippen molar-refractivity contribution in [2.24, 2.45) is 0 Å². The molecule has 1 aromatic heterocycles. The standard InChI is InChI=1S/C21H19N5O2/c1-14-18(10-15(12-22)11-21(14)26(27)28)23-13-19-17-8-5-9-20(17)25(24-19)16-6-3-2-4-7-16/h2-4,6-7,10-11,23H,5,8-9,13H2,1H3. The molecule has 0 amide bonds. The average molecular weight is 373 g/mol. The molecule has 0 spiro atoms. The van der Waals surface area contributed by atoms with Gasteiger partial charge in [0.25, 0.3) is 5.69 Å². The molecule has 0 bridgehead atoms. The monoisotopic (exact) mass is 373 g/mol. The maximum atomic E-state index is 11.3. The predicted molar refractivity (Wildman–Crippen MR) is 105 cm³/mol. The fourth-order valence-electron chi connectivity index (χ4n) is 3.75. The third kappa shape index (κ3) is 3.09. The summed E-state index contributed by atoms with van der Waals surface area (Å²) in [6.45, 7) is 2.14. The van der Waals surface area contributed by atoms with Gasteiger partial charge in [-0.1, -0.05) is 18.2 Å². The molecule has 0 fully saturated rings. The van der Waals surface area contributed by atoms with Crippen molar-refractivity contribution < 1.29 is 4.92 Å². The van der Waals surface area contributed by atoms with Gasteiger partial charge in [-0.05, 0) is 49.9 Å². The molecule has 0 unspecified atom stereocenters. The van der Waals surface area contributed by atoms with E-state index < -0.39 is 4.92 Å². The number of anilines is 1. The highest BCUT2D eigenvalue weighted by Gasteiger charge is 2.23. The summed E-state index contributed by atoms with van der Waals surface area (Å²) < 4.78 is 2.00. The largest absolute Gasteiger partial charge is 0.379 e. The second kappa shape index (κ2) is 7.16. The Bertz CT molecular complexity index is 1100. The number of nitro groups is 1. The smallest absolute Gasteiger partial charge is 0.275 e. The number of rotatable bonds is 5. The molecule has 0 radical (unpaired) electrons. The van der Waals surface area contributed by atoms with Crippen LogP contribution in [0.25, 0.3) is 5.69 Å². The number of hydrogen-bond acceptors (Lipinski definition) is 5. The Kier molecular flexibility index (Phi) is 4.53. The number of para-hydroxylation sites is 1. The molecule has 7 heteroatoms. The van der Waals surface area contributed by atoms with Gasteiger partial charge in [0.2, 0.25) is 0 Å². The van der Waals surface area contributed by atoms with Gasteiger partial charge in [0.1, 0.15) is 0 Å². The van der Waals surface area contributed by atoms with Crippen LogP contribution in [0.2, 0.25) is 0 Å². The van der Waals surface area contributed by atoms with Gasteiger partial charge in [-0.3, -0.25) is 10.1 Å². The van der Waals surface area contributed by atoms with Crippen molar-refractivity contribution in [1.29, 1.82) is 5.26 Å². The Balaban J connectivity index is 1.66. The van der Waals surface area contributed by atoms with Gasteiger partial charge in [-0.15, -0.1) is 0 Å². The molecule has 3 aromatic rings. The molecule has 0 saturated carbocycles. The highest BCUT2D eigenvalue weighted by Crippen LogP contribution is 2.30. The lowest BCUT2D eigenvalue weighted by Gasteiger charge is -2.10. The third-order valence-electron chi connectivity index (χ3n) is 5.17. The summed E-state index contributed by atoms with van der Waals surface area (Å²) in [4.78, 5) is 10.8. The fourth-order valence-corrected chi connectivity index (χ4v) is 3.75. The lowest BCUT2D eigenvalue weighted by molar-refractivity contribution is -0.385. The number of nitrogens with one attached hydrogen (secondary N) is 1. The second-order valence-corrected chi connectivity index (χ2v) is 6.86. The van der Waals surface area contributed by atoms with E-state index in [4.69, 9.17) is 5.10 Å². The molecule has 1 aliphatic carbocycles. The number of benzene rings is 2. The Morgan fingerprint density at radius 2 is 2.07 bits per heavy atom. The zero-order valence-electron chi connectivity index (χ0n) is 15.5. The van der Waals surface area contributed by atoms with Crippen molar-refractivity contribution in [3.8, 4) is 11.8 Å². The average Bonchev–Trinajstić information content (AvgIpc) is 3.31. The molecule has 0 saturated heterocycles. The first-order valence-electron chi connectivity index (χ1n) is 9.16. The van der Waals surface area contributed by atoms with E-state index in [9.17, 15) is 15.4 Å². The first kappa shape index (κ1) is 17.7. The molecule has 1 aliphatic rings. The molecule has 140 valence electrons. The minimum atomic E-state index is -0.455. The van der Waals surface area contributed by atoms with Gasteiger partial charge in [-0.2, -0.15) is 10.4 Å². The normalized spacial score (nSPS) is 12.4. The Labute approximate surface area is 162 Å². The summed E-state index contributed by atoms with van der Waals surface area (Å²) in [5, 5.41) is 28.5. The maximum absolute atomic E-state index is 11.3. The van der Waals surface area contributed by atoms with Gasteiger partial charge in [0, 0.05) is 23.0 Å². The molecule has 4 rings (SSSR count). The Hall–Kier alpha value is -3.66. The maximum Gasteiger partial charge on any atom is 0.275 e. The lowest BCUT2D eigenvalue weighted by Crippen LogP contribution is -2.07. The zero-order valence-corrected chi connectivity index (χ0v) is 15.5. The van der Waals surface area contributed by atoms with Crippen LogP contribution in [0.15, 0.2) is 42.5 Å². The van der Waals surface area contributed by atoms with Crippen molar-refractivity contribution in [2.75, 3.05) is 5.32 Å². The van der Waals surface area contributed by atoms with Crippen LogP contribution >= 0.6 is 0 Å². The van der Waals surface area contributed by atoms with Gasteiger partial charge in [0.05, 0.1) is 34.5 Å². The Morgan fingerprint density at radius 1 is 1.29 bits per heavy atom. The second-order valence-electron chi connectivity index (χ2n) is 6.86. The number of nitriles is 1. The van der Waals surface area contributed by atoms with Gasteiger partial charge in [-0.25, -0.2) is 4.68 Å². The number of nitrogens with zero attached hydrogens (tertiary/aromatic N) is 4. The van der Waals surface area contributed by atoms with Crippen molar-refractivity contribution in [3.63, 3.8) is 0 Å². The van der Waals surface area contributed by atoms with Crippen molar-refractivity contribution in [3.05, 3.63) is 80.7 Å². The molecule has 7 nitrogen and oxygen atoms in total. The van der Waals surface area contributed by atoms with Crippen LogP contribution < -0.4 is 5.32 Å². The number of aromatic nitrogens is 2. The van der Waals surface area contributed by atoms with E-state index >= 15 is 0 Å². The summed E-state index contributed by atoms with van der Waals surface area (Å²) in [5.74, 6) is 0. The zero-order chi connectivity index (χ0) is 19.7. The summed E-state index contributed by atoms with van der Waals surface area (Å²) in [6, 6.07) is 15.0. The highest BCUT2D eigenvalue weighted by atomic mass is 16.6. The van der Waals surface area contributed by atoms with Crippen LogP contribution in [0.5, 0.6) is 0 Å². The number of fused-ring (bicyclic) bond motifs is 1. The topological polar surface area (TPSA) is 96.8 Å². The Morgan fingerprint density at radius 3 is 2.79 bits per heavy atom. The summed E-state index contributed by atoms with van der Waals surface area (Å²) in [6.07, 6.45) is 3.07. The quantitative estimate of drug-likeness (QED) is 0.537. The first-order chi connectivity index (χ1) is 13.6. The minimum absolute atomic E-state index is 0.0541. The van der Waals surface area contributed by atoms with E-state index in [2.05, 4.69) is 5.32 Å². The molecule has 1 N–H and O–H groups in total. The summed E-state index contributed by atoms with van der Waals surface area (Å²) in [7, 11) is 0. The molecule has 0 aliphatic heterocycles. The predicted octanol–water partition coefficient (Wildman–Crippen LogP) is 4.06. The van der Waals surface area contributed by atoms with Gasteiger partial charge in [0.15, 0.2) is 0 Å². The van der Waals surface area contributed by atoms with Crippen LogP contribution in [0.1, 0.15) is 34.5 Å². The van der Waals surface area contributed by atoms with E-state index in [1.807, 2.05) is 41.1 Å². The van der Waals surface area contributed by atoms with Crippen LogP contribution in [0.3, 0.4) is 0 Å². The van der Waals surface area contributed by atoms with Gasteiger partial charge >= 0.3 is 0 Å². The van der Waals surface area contributed by atoms with E-state index in [1.54, 1.807) is 13.0 Å². The van der Waals surface area contributed by atoms with E-state index in [0.717, 1.165) is 30.6 Å². The van der Waals surface area contributed by atoms with Crippen LogP contribution in [0, 0.1) is 28.4 Å². The van der Waals surface area contributed by atoms with E-state index in [1.165, 1.54) is 17.3 Å².